The van der Waals surface area contributed by atoms with Gasteiger partial charge in [-0.25, -0.2) is 13.6 Å². The molecule has 2 unspecified atom stereocenters. The van der Waals surface area contributed by atoms with Crippen molar-refractivity contribution in [3.8, 4) is 0 Å². The molecule has 10 heteroatoms. The van der Waals surface area contributed by atoms with E-state index in [2.05, 4.69) is 0 Å². The van der Waals surface area contributed by atoms with Crippen LogP contribution < -0.4 is 10.0 Å². The molecule has 1 saturated heterocycles. The van der Waals surface area contributed by atoms with Crippen LogP contribution in [0.4, 0.5) is 18.9 Å². The average molecular weight is 366 g/mol. The van der Waals surface area contributed by atoms with E-state index in [9.17, 15) is 26.4 Å². The Labute approximate surface area is 137 Å². The maximum Gasteiger partial charge on any atom is 0.418 e. The molecule has 1 fully saturated rings. The van der Waals surface area contributed by atoms with E-state index < -0.39 is 38.5 Å². The van der Waals surface area contributed by atoms with Crippen molar-refractivity contribution in [1.82, 2.24) is 0 Å². The highest BCUT2D eigenvalue weighted by Crippen LogP contribution is 2.39. The zero-order valence-electron chi connectivity index (χ0n) is 12.7. The van der Waals surface area contributed by atoms with Gasteiger partial charge < -0.3 is 10.0 Å². The van der Waals surface area contributed by atoms with Crippen molar-refractivity contribution in [2.24, 2.45) is 17.0 Å². The van der Waals surface area contributed by atoms with E-state index in [1.807, 2.05) is 0 Å². The van der Waals surface area contributed by atoms with Crippen LogP contribution in [0.3, 0.4) is 0 Å². The third-order valence-corrected chi connectivity index (χ3v) is 4.86. The van der Waals surface area contributed by atoms with Crippen LogP contribution in [0.1, 0.15) is 18.9 Å². The molecule has 24 heavy (non-hydrogen) atoms. The van der Waals surface area contributed by atoms with E-state index in [-0.39, 0.29) is 24.7 Å². The third kappa shape index (κ3) is 3.99. The van der Waals surface area contributed by atoms with Gasteiger partial charge in [0, 0.05) is 18.8 Å². The van der Waals surface area contributed by atoms with Crippen molar-refractivity contribution < 1.29 is 31.5 Å². The van der Waals surface area contributed by atoms with Crippen molar-refractivity contribution in [2.45, 2.75) is 24.4 Å². The van der Waals surface area contributed by atoms with Gasteiger partial charge >= 0.3 is 12.1 Å². The standard InChI is InChI=1S/C14H17F3N2O4S/c1-8-4-9(13(20)21)7-19(6-8)12-3-2-10(24(18,22)23)5-11(12)14(15,16)17/h2-3,5,8-9H,4,6-7H2,1H3,(H,20,21)(H2,18,22,23). The lowest BCUT2D eigenvalue weighted by molar-refractivity contribution is -0.142. The van der Waals surface area contributed by atoms with E-state index >= 15 is 0 Å². The highest BCUT2D eigenvalue weighted by Gasteiger charge is 2.38. The molecule has 6 nitrogen and oxygen atoms in total. The van der Waals surface area contributed by atoms with E-state index in [0.29, 0.717) is 12.5 Å². The van der Waals surface area contributed by atoms with Crippen LogP contribution in [0.15, 0.2) is 23.1 Å². The van der Waals surface area contributed by atoms with Crippen LogP contribution in [0.2, 0.25) is 0 Å². The molecule has 1 aromatic carbocycles. The number of primary sulfonamides is 1. The van der Waals surface area contributed by atoms with Crippen LogP contribution in [-0.2, 0) is 21.0 Å². The number of rotatable bonds is 3. The lowest BCUT2D eigenvalue weighted by atomic mass is 9.90. The zero-order valence-corrected chi connectivity index (χ0v) is 13.6. The van der Waals surface area contributed by atoms with Crippen molar-refractivity contribution in [3.63, 3.8) is 0 Å². The molecule has 0 spiro atoms. The first-order valence-corrected chi connectivity index (χ1v) is 8.66. The Kier molecular flexibility index (Phi) is 4.82. The number of sulfonamides is 1. The smallest absolute Gasteiger partial charge is 0.418 e. The Balaban J connectivity index is 2.51. The lowest BCUT2D eigenvalue weighted by Gasteiger charge is -2.37. The topological polar surface area (TPSA) is 101 Å². The molecule has 0 aliphatic carbocycles. The van der Waals surface area contributed by atoms with Gasteiger partial charge in [-0.05, 0) is 30.5 Å². The average Bonchev–Trinajstić information content (AvgIpc) is 2.44. The second-order valence-electron chi connectivity index (χ2n) is 6.00. The predicted molar refractivity (Wildman–Crippen MR) is 79.9 cm³/mol. The monoisotopic (exact) mass is 366 g/mol. The fraction of sp³-hybridized carbons (Fsp3) is 0.500. The summed E-state index contributed by atoms with van der Waals surface area (Å²) in [6, 6.07) is 2.51. The first kappa shape index (κ1) is 18.5. The summed E-state index contributed by atoms with van der Waals surface area (Å²) in [6.45, 7) is 1.94. The van der Waals surface area contributed by atoms with Gasteiger partial charge in [-0.2, -0.15) is 13.2 Å². The maximum absolute atomic E-state index is 13.3. The number of hydrogen-bond acceptors (Lipinski definition) is 4. The Morgan fingerprint density at radius 1 is 1.33 bits per heavy atom. The van der Waals surface area contributed by atoms with Gasteiger partial charge in [-0.1, -0.05) is 6.92 Å². The van der Waals surface area contributed by atoms with Crippen LogP contribution in [0.5, 0.6) is 0 Å². The normalized spacial score (nSPS) is 22.5. The minimum Gasteiger partial charge on any atom is -0.481 e. The number of aliphatic carboxylic acids is 1. The number of halogens is 3. The molecule has 3 N–H and O–H groups in total. The molecule has 1 heterocycles. The minimum atomic E-state index is -4.80. The van der Waals surface area contributed by atoms with Crippen LogP contribution >= 0.6 is 0 Å². The maximum atomic E-state index is 13.3. The number of alkyl halides is 3. The number of carbonyl (C=O) groups is 1. The van der Waals surface area contributed by atoms with E-state index in [0.717, 1.165) is 12.1 Å². The summed E-state index contributed by atoms with van der Waals surface area (Å²) in [5, 5.41) is 14.1. The van der Waals surface area contributed by atoms with Gasteiger partial charge in [-0.15, -0.1) is 0 Å². The first-order valence-electron chi connectivity index (χ1n) is 7.11. The minimum absolute atomic E-state index is 0.0719. The summed E-state index contributed by atoms with van der Waals surface area (Å²) < 4.78 is 62.7. The van der Waals surface area contributed by atoms with Gasteiger partial charge in [0.15, 0.2) is 0 Å². The largest absolute Gasteiger partial charge is 0.481 e. The SMILES string of the molecule is CC1CC(C(=O)O)CN(c2ccc(S(N)(=O)=O)cc2C(F)(F)F)C1. The van der Waals surface area contributed by atoms with Gasteiger partial charge in [0.05, 0.1) is 16.4 Å². The molecule has 0 radical (unpaired) electrons. The number of hydrogen-bond donors (Lipinski definition) is 2. The summed E-state index contributed by atoms with van der Waals surface area (Å²) >= 11 is 0. The number of benzene rings is 1. The molecule has 0 bridgehead atoms. The van der Waals surface area contributed by atoms with Gasteiger partial charge in [0.1, 0.15) is 0 Å². The number of carboxylic acids is 1. The highest BCUT2D eigenvalue weighted by atomic mass is 32.2. The molecule has 1 aliphatic rings. The molecule has 1 aromatic rings. The fourth-order valence-corrected chi connectivity index (χ4v) is 3.46. The Morgan fingerprint density at radius 2 is 1.96 bits per heavy atom. The van der Waals surface area contributed by atoms with Gasteiger partial charge in [0.25, 0.3) is 0 Å². The summed E-state index contributed by atoms with van der Waals surface area (Å²) in [4.78, 5) is 11.9. The lowest BCUT2D eigenvalue weighted by Crippen LogP contribution is -2.43. The van der Waals surface area contributed by atoms with Gasteiger partial charge in [-0.3, -0.25) is 4.79 Å². The summed E-state index contributed by atoms with van der Waals surface area (Å²) in [7, 11) is -4.28. The third-order valence-electron chi connectivity index (χ3n) is 3.95. The number of nitrogens with zero attached hydrogens (tertiary/aromatic N) is 1. The summed E-state index contributed by atoms with van der Waals surface area (Å²) in [6.07, 6.45) is -4.42. The van der Waals surface area contributed by atoms with E-state index in [1.165, 1.54) is 4.90 Å². The molecule has 0 saturated carbocycles. The summed E-state index contributed by atoms with van der Waals surface area (Å²) in [5.41, 5.74) is -1.39. The number of anilines is 1. The number of carboxylic acid groups (broad SMARTS) is 1. The van der Waals surface area contributed by atoms with Crippen LogP contribution in [-0.4, -0.2) is 32.6 Å². The Morgan fingerprint density at radius 3 is 2.46 bits per heavy atom. The van der Waals surface area contributed by atoms with Crippen LogP contribution in [0, 0.1) is 11.8 Å². The fourth-order valence-electron chi connectivity index (χ4n) is 2.92. The van der Waals surface area contributed by atoms with E-state index in [1.54, 1.807) is 6.92 Å². The van der Waals surface area contributed by atoms with Crippen LogP contribution in [0.25, 0.3) is 0 Å². The molecular weight excluding hydrogens is 349 g/mol. The molecule has 2 rings (SSSR count). The van der Waals surface area contributed by atoms with Crippen molar-refractivity contribution in [3.05, 3.63) is 23.8 Å². The Bertz CT molecular complexity index is 749. The molecule has 0 aromatic heterocycles. The molecule has 134 valence electrons. The van der Waals surface area contributed by atoms with Crippen molar-refractivity contribution >= 4 is 21.7 Å². The predicted octanol–water partition coefficient (Wildman–Crippen LogP) is 1.90. The second kappa shape index (κ2) is 6.25. The molecular formula is C14H17F3N2O4S. The second-order valence-corrected chi connectivity index (χ2v) is 7.56. The summed E-state index contributed by atoms with van der Waals surface area (Å²) in [5.74, 6) is -1.96. The highest BCUT2D eigenvalue weighted by molar-refractivity contribution is 7.89. The van der Waals surface area contributed by atoms with E-state index in [4.69, 9.17) is 10.2 Å². The van der Waals surface area contributed by atoms with Crippen molar-refractivity contribution in [1.29, 1.82) is 0 Å². The van der Waals surface area contributed by atoms with Gasteiger partial charge in [0.2, 0.25) is 10.0 Å². The molecule has 0 amide bonds. The first-order chi connectivity index (χ1) is 10.9. The van der Waals surface area contributed by atoms with Crippen molar-refractivity contribution in [2.75, 3.05) is 18.0 Å². The number of nitrogens with two attached hydrogens (primary N) is 1. The Hall–Kier alpha value is -1.81. The molecule has 1 aliphatic heterocycles. The zero-order chi connectivity index (χ0) is 18.3. The number of piperidine rings is 1. The molecule has 2 atom stereocenters. The quantitative estimate of drug-likeness (QED) is 0.851.